The molecule has 6 heteroatoms. The van der Waals surface area contributed by atoms with E-state index in [1.54, 1.807) is 30.3 Å². The van der Waals surface area contributed by atoms with E-state index in [2.05, 4.69) is 37.7 Å². The molecule has 40 heavy (non-hydrogen) atoms. The van der Waals surface area contributed by atoms with Crippen molar-refractivity contribution >= 4 is 0 Å². The van der Waals surface area contributed by atoms with Gasteiger partial charge in [-0.15, -0.1) is 0 Å². The highest BCUT2D eigenvalue weighted by Gasteiger charge is 2.24. The molecule has 0 bridgehead atoms. The Morgan fingerprint density at radius 2 is 0.775 bits per heavy atom. The van der Waals surface area contributed by atoms with Crippen molar-refractivity contribution in [2.75, 3.05) is 0 Å². The molecule has 0 saturated heterocycles. The van der Waals surface area contributed by atoms with Crippen LogP contribution in [0, 0.1) is 0 Å². The summed E-state index contributed by atoms with van der Waals surface area (Å²) in [6, 6.07) is 32.0. The van der Waals surface area contributed by atoms with Crippen molar-refractivity contribution in [3.8, 4) is 34.8 Å². The maximum Gasteiger partial charge on any atom is 0.226 e. The van der Waals surface area contributed by atoms with Crippen LogP contribution >= 0.6 is 0 Å². The van der Waals surface area contributed by atoms with E-state index in [4.69, 9.17) is 9.47 Å². The SMILES string of the molecule is CC(C)(c1ccc(O)cc1)c1ccc(Oc2cc(Oc3ccc(C(C)(C)c4ccc(O)cc4)cc3)ncn2)cc1. The van der Waals surface area contributed by atoms with Crippen molar-refractivity contribution in [1.29, 1.82) is 0 Å². The van der Waals surface area contributed by atoms with Crippen molar-refractivity contribution < 1.29 is 19.7 Å². The molecule has 4 aromatic carbocycles. The number of aromatic nitrogens is 2. The van der Waals surface area contributed by atoms with Gasteiger partial charge in [0.25, 0.3) is 0 Å². The lowest BCUT2D eigenvalue weighted by atomic mass is 9.78. The van der Waals surface area contributed by atoms with Crippen molar-refractivity contribution in [1.82, 2.24) is 9.97 Å². The van der Waals surface area contributed by atoms with Crippen LogP contribution in [0.25, 0.3) is 0 Å². The molecule has 1 heterocycles. The van der Waals surface area contributed by atoms with Gasteiger partial charge in [-0.25, -0.2) is 9.97 Å². The van der Waals surface area contributed by atoms with Gasteiger partial charge in [-0.2, -0.15) is 0 Å². The van der Waals surface area contributed by atoms with Crippen LogP contribution in [-0.2, 0) is 10.8 Å². The predicted octanol–water partition coefficient (Wildman–Crippen LogP) is 8.12. The molecule has 0 aliphatic carbocycles. The van der Waals surface area contributed by atoms with E-state index in [1.807, 2.05) is 72.8 Å². The standard InChI is InChI=1S/C34H32N2O4/c1-33(2,23-5-13-27(37)14-6-23)25-9-17-29(18-10-25)39-31-21-32(36-22-35-31)40-30-19-11-26(12-20-30)34(3,4)24-7-15-28(38)16-8-24/h5-22,37-38H,1-4H3. The largest absolute Gasteiger partial charge is 0.508 e. The smallest absolute Gasteiger partial charge is 0.226 e. The van der Waals surface area contributed by atoms with Gasteiger partial charge in [0, 0.05) is 10.8 Å². The first-order valence-electron chi connectivity index (χ1n) is 13.1. The Labute approximate surface area is 234 Å². The summed E-state index contributed by atoms with van der Waals surface area (Å²) in [5, 5.41) is 19.2. The number of hydrogen-bond acceptors (Lipinski definition) is 6. The number of nitrogens with zero attached hydrogens (tertiary/aromatic N) is 2. The first-order valence-corrected chi connectivity index (χ1v) is 13.1. The highest BCUT2D eigenvalue weighted by Crippen LogP contribution is 2.35. The molecule has 0 spiro atoms. The maximum absolute atomic E-state index is 9.62. The number of phenolic OH excluding ortho intramolecular Hbond substituents is 2. The molecule has 0 saturated carbocycles. The fraction of sp³-hybridized carbons (Fsp3) is 0.176. The summed E-state index contributed by atoms with van der Waals surface area (Å²) in [6.07, 6.45) is 1.41. The summed E-state index contributed by atoms with van der Waals surface area (Å²) in [6.45, 7) is 8.57. The molecular formula is C34H32N2O4. The van der Waals surface area contributed by atoms with Gasteiger partial charge in [-0.05, 0) is 70.8 Å². The van der Waals surface area contributed by atoms with Gasteiger partial charge in [0.2, 0.25) is 11.8 Å². The van der Waals surface area contributed by atoms with E-state index in [0.717, 1.165) is 22.3 Å². The fourth-order valence-corrected chi connectivity index (χ4v) is 4.64. The van der Waals surface area contributed by atoms with E-state index < -0.39 is 0 Å². The highest BCUT2D eigenvalue weighted by atomic mass is 16.5. The minimum atomic E-state index is -0.239. The summed E-state index contributed by atoms with van der Waals surface area (Å²) < 4.78 is 12.0. The lowest BCUT2D eigenvalue weighted by Gasteiger charge is -2.26. The quantitative estimate of drug-likeness (QED) is 0.210. The molecule has 202 valence electrons. The fourth-order valence-electron chi connectivity index (χ4n) is 4.64. The zero-order valence-corrected chi connectivity index (χ0v) is 23.0. The van der Waals surface area contributed by atoms with Crippen LogP contribution in [0.1, 0.15) is 49.9 Å². The Kier molecular flexibility index (Phi) is 7.18. The van der Waals surface area contributed by atoms with E-state index >= 15 is 0 Å². The minimum Gasteiger partial charge on any atom is -0.508 e. The molecule has 0 aliphatic heterocycles. The summed E-state index contributed by atoms with van der Waals surface area (Å²) in [5.41, 5.74) is 3.97. The third kappa shape index (κ3) is 5.76. The Balaban J connectivity index is 1.26. The van der Waals surface area contributed by atoms with Crippen LogP contribution < -0.4 is 9.47 Å². The first kappa shape index (κ1) is 26.8. The van der Waals surface area contributed by atoms with E-state index in [0.29, 0.717) is 23.3 Å². The van der Waals surface area contributed by atoms with Crippen molar-refractivity contribution in [2.45, 2.75) is 38.5 Å². The molecule has 0 fully saturated rings. The topological polar surface area (TPSA) is 84.7 Å². The molecule has 6 nitrogen and oxygen atoms in total. The molecule has 1 aromatic heterocycles. The van der Waals surface area contributed by atoms with E-state index in [-0.39, 0.29) is 22.3 Å². The average Bonchev–Trinajstić information content (AvgIpc) is 2.94. The number of phenols is 2. The van der Waals surface area contributed by atoms with Crippen LogP contribution in [0.4, 0.5) is 0 Å². The second kappa shape index (κ2) is 10.7. The summed E-state index contributed by atoms with van der Waals surface area (Å²) in [4.78, 5) is 8.47. The molecular weight excluding hydrogens is 500 g/mol. The van der Waals surface area contributed by atoms with Gasteiger partial charge in [0.1, 0.15) is 29.3 Å². The third-order valence-electron chi connectivity index (χ3n) is 7.39. The second-order valence-corrected chi connectivity index (χ2v) is 10.8. The number of hydrogen-bond donors (Lipinski definition) is 2. The highest BCUT2D eigenvalue weighted by molar-refractivity contribution is 5.44. The monoisotopic (exact) mass is 532 g/mol. The van der Waals surface area contributed by atoms with Gasteiger partial charge in [-0.1, -0.05) is 76.2 Å². The molecule has 0 aliphatic rings. The van der Waals surface area contributed by atoms with Crippen molar-refractivity contribution in [3.05, 3.63) is 132 Å². The third-order valence-corrected chi connectivity index (χ3v) is 7.39. The maximum atomic E-state index is 9.62. The molecule has 5 rings (SSSR count). The Morgan fingerprint density at radius 3 is 1.10 bits per heavy atom. The Bertz CT molecular complexity index is 1460. The summed E-state index contributed by atoms with van der Waals surface area (Å²) in [7, 11) is 0. The Hall–Kier alpha value is -4.84. The minimum absolute atomic E-state index is 0.239. The molecule has 0 radical (unpaired) electrons. The Morgan fingerprint density at radius 1 is 0.475 bits per heavy atom. The van der Waals surface area contributed by atoms with Crippen LogP contribution in [0.15, 0.2) is 109 Å². The van der Waals surface area contributed by atoms with Gasteiger partial charge in [0.05, 0.1) is 6.07 Å². The normalized spacial score (nSPS) is 11.7. The van der Waals surface area contributed by atoms with Crippen LogP contribution in [0.2, 0.25) is 0 Å². The van der Waals surface area contributed by atoms with Gasteiger partial charge < -0.3 is 19.7 Å². The summed E-state index contributed by atoms with van der Waals surface area (Å²) in [5.74, 6) is 2.55. The van der Waals surface area contributed by atoms with E-state index in [1.165, 1.54) is 6.33 Å². The van der Waals surface area contributed by atoms with Gasteiger partial charge >= 0.3 is 0 Å². The second-order valence-electron chi connectivity index (χ2n) is 10.8. The van der Waals surface area contributed by atoms with Crippen molar-refractivity contribution in [2.24, 2.45) is 0 Å². The van der Waals surface area contributed by atoms with Gasteiger partial charge in [-0.3, -0.25) is 0 Å². The molecule has 0 amide bonds. The van der Waals surface area contributed by atoms with Crippen LogP contribution in [-0.4, -0.2) is 20.2 Å². The molecule has 0 atom stereocenters. The number of rotatable bonds is 8. The number of benzene rings is 4. The molecule has 5 aromatic rings. The number of ether oxygens (including phenoxy) is 2. The zero-order chi connectivity index (χ0) is 28.3. The lowest BCUT2D eigenvalue weighted by Crippen LogP contribution is -2.18. The number of aromatic hydroxyl groups is 2. The first-order chi connectivity index (χ1) is 19.1. The zero-order valence-electron chi connectivity index (χ0n) is 23.0. The molecule has 2 N–H and O–H groups in total. The summed E-state index contributed by atoms with van der Waals surface area (Å²) >= 11 is 0. The van der Waals surface area contributed by atoms with Crippen LogP contribution in [0.5, 0.6) is 34.8 Å². The predicted molar refractivity (Wildman–Crippen MR) is 156 cm³/mol. The average molecular weight is 533 g/mol. The van der Waals surface area contributed by atoms with E-state index in [9.17, 15) is 10.2 Å². The van der Waals surface area contributed by atoms with Crippen LogP contribution in [0.3, 0.4) is 0 Å². The van der Waals surface area contributed by atoms with Gasteiger partial charge in [0.15, 0.2) is 0 Å². The van der Waals surface area contributed by atoms with Crippen molar-refractivity contribution in [3.63, 3.8) is 0 Å². The molecule has 0 unspecified atom stereocenters. The lowest BCUT2D eigenvalue weighted by molar-refractivity contribution is 0.433.